The number of rotatable bonds is 6. The molecule has 0 atom stereocenters. The van der Waals surface area contributed by atoms with Crippen molar-refractivity contribution < 1.29 is 4.79 Å². The monoisotopic (exact) mass is 385 g/mol. The molecule has 0 aliphatic carbocycles. The fraction of sp³-hybridized carbons (Fsp3) is 0.444. The third-order valence-corrected chi connectivity index (χ3v) is 5.76. The zero-order valence-corrected chi connectivity index (χ0v) is 16.2. The first-order chi connectivity index (χ1) is 13.2. The Morgan fingerprint density at radius 3 is 2.89 bits per heavy atom. The van der Waals surface area contributed by atoms with Crippen molar-refractivity contribution in [2.75, 3.05) is 44.2 Å². The van der Waals surface area contributed by atoms with Crippen molar-refractivity contribution in [3.63, 3.8) is 0 Å². The van der Waals surface area contributed by atoms with Gasteiger partial charge in [-0.3, -0.25) is 14.4 Å². The van der Waals surface area contributed by atoms with E-state index in [1.54, 1.807) is 22.3 Å². The molecule has 3 aromatic heterocycles. The van der Waals surface area contributed by atoms with Crippen LogP contribution in [0, 0.1) is 0 Å². The number of hydrogen-bond donors (Lipinski definition) is 1. The van der Waals surface area contributed by atoms with Gasteiger partial charge in [0.05, 0.1) is 18.1 Å². The molecule has 4 heterocycles. The van der Waals surface area contributed by atoms with Crippen molar-refractivity contribution in [2.24, 2.45) is 7.05 Å². The number of fused-ring (bicyclic) bond motifs is 1. The minimum atomic E-state index is 0.0942. The van der Waals surface area contributed by atoms with Gasteiger partial charge in [-0.2, -0.15) is 5.10 Å². The topological polar surface area (TPSA) is 79.2 Å². The SMILES string of the molecule is Cn1ncc2c(N3CCN(CC(=O)NCCc4cccs4)CC3)ncnc21. The third kappa shape index (κ3) is 4.09. The van der Waals surface area contributed by atoms with E-state index in [1.807, 2.05) is 19.3 Å². The van der Waals surface area contributed by atoms with E-state index in [4.69, 9.17) is 0 Å². The van der Waals surface area contributed by atoms with Crippen molar-refractivity contribution >= 4 is 34.1 Å². The van der Waals surface area contributed by atoms with Crippen LogP contribution in [0.1, 0.15) is 4.88 Å². The van der Waals surface area contributed by atoms with Gasteiger partial charge >= 0.3 is 0 Å². The Labute approximate surface area is 161 Å². The van der Waals surface area contributed by atoms with Crippen LogP contribution in [0.4, 0.5) is 5.82 Å². The van der Waals surface area contributed by atoms with Crippen molar-refractivity contribution in [3.05, 3.63) is 34.9 Å². The minimum Gasteiger partial charge on any atom is -0.355 e. The summed E-state index contributed by atoms with van der Waals surface area (Å²) in [6.45, 7) is 4.49. The molecule has 1 saturated heterocycles. The van der Waals surface area contributed by atoms with Gasteiger partial charge in [0.15, 0.2) is 5.65 Å². The van der Waals surface area contributed by atoms with Crippen molar-refractivity contribution in [2.45, 2.75) is 6.42 Å². The average Bonchev–Trinajstić information content (AvgIpc) is 3.33. The molecule has 0 unspecified atom stereocenters. The number of nitrogens with one attached hydrogen (secondary N) is 1. The fourth-order valence-corrected chi connectivity index (χ4v) is 4.07. The van der Waals surface area contributed by atoms with Crippen molar-refractivity contribution in [1.29, 1.82) is 0 Å². The quantitative estimate of drug-likeness (QED) is 0.679. The maximum Gasteiger partial charge on any atom is 0.234 e. The van der Waals surface area contributed by atoms with Gasteiger partial charge in [0.25, 0.3) is 0 Å². The van der Waals surface area contributed by atoms with E-state index in [-0.39, 0.29) is 5.91 Å². The second-order valence-corrected chi connectivity index (χ2v) is 7.68. The zero-order valence-electron chi connectivity index (χ0n) is 15.3. The Morgan fingerprint density at radius 1 is 1.26 bits per heavy atom. The predicted molar refractivity (Wildman–Crippen MR) is 106 cm³/mol. The van der Waals surface area contributed by atoms with E-state index in [0.717, 1.165) is 49.5 Å². The summed E-state index contributed by atoms with van der Waals surface area (Å²) in [4.78, 5) is 26.7. The Balaban J connectivity index is 1.26. The standard InChI is InChI=1S/C18H23N7OS/c1-23-17-15(11-22-23)18(21-13-20-17)25-8-6-24(7-9-25)12-16(26)19-5-4-14-3-2-10-27-14/h2-3,10-11,13H,4-9,12H2,1H3,(H,19,26). The van der Waals surface area contributed by atoms with E-state index in [0.29, 0.717) is 13.1 Å². The maximum absolute atomic E-state index is 12.2. The van der Waals surface area contributed by atoms with E-state index < -0.39 is 0 Å². The Morgan fingerprint density at radius 2 is 2.11 bits per heavy atom. The molecular formula is C18H23N7OS. The molecule has 0 spiro atoms. The highest BCUT2D eigenvalue weighted by Gasteiger charge is 2.22. The van der Waals surface area contributed by atoms with Crippen LogP contribution in [0.5, 0.6) is 0 Å². The zero-order chi connectivity index (χ0) is 18.6. The van der Waals surface area contributed by atoms with Gasteiger partial charge in [0.2, 0.25) is 5.91 Å². The van der Waals surface area contributed by atoms with Gasteiger partial charge in [0, 0.05) is 44.6 Å². The van der Waals surface area contributed by atoms with Crippen LogP contribution in [0.2, 0.25) is 0 Å². The summed E-state index contributed by atoms with van der Waals surface area (Å²) in [5.41, 5.74) is 0.840. The van der Waals surface area contributed by atoms with Gasteiger partial charge < -0.3 is 10.2 Å². The average molecular weight is 385 g/mol. The largest absolute Gasteiger partial charge is 0.355 e. The maximum atomic E-state index is 12.2. The summed E-state index contributed by atoms with van der Waals surface area (Å²) in [6, 6.07) is 4.14. The molecule has 9 heteroatoms. The molecule has 4 rings (SSSR count). The molecule has 27 heavy (non-hydrogen) atoms. The van der Waals surface area contributed by atoms with E-state index in [2.05, 4.69) is 41.6 Å². The summed E-state index contributed by atoms with van der Waals surface area (Å²) in [5.74, 6) is 1.02. The molecule has 0 radical (unpaired) electrons. The first kappa shape index (κ1) is 17.9. The lowest BCUT2D eigenvalue weighted by molar-refractivity contribution is -0.122. The number of aryl methyl sites for hydroxylation is 1. The smallest absolute Gasteiger partial charge is 0.234 e. The normalized spacial score (nSPS) is 15.4. The van der Waals surface area contributed by atoms with Crippen LogP contribution in [-0.4, -0.2) is 69.8 Å². The summed E-state index contributed by atoms with van der Waals surface area (Å²) >= 11 is 1.73. The molecule has 1 aliphatic heterocycles. The van der Waals surface area contributed by atoms with Gasteiger partial charge in [-0.1, -0.05) is 6.07 Å². The van der Waals surface area contributed by atoms with E-state index in [9.17, 15) is 4.79 Å². The summed E-state index contributed by atoms with van der Waals surface area (Å²) in [5, 5.41) is 10.3. The number of nitrogens with zero attached hydrogens (tertiary/aromatic N) is 6. The lowest BCUT2D eigenvalue weighted by Crippen LogP contribution is -2.49. The van der Waals surface area contributed by atoms with Crippen LogP contribution in [-0.2, 0) is 18.3 Å². The second-order valence-electron chi connectivity index (χ2n) is 6.65. The van der Waals surface area contributed by atoms with Gasteiger partial charge in [-0.25, -0.2) is 9.97 Å². The highest BCUT2D eigenvalue weighted by molar-refractivity contribution is 7.09. The molecule has 0 bridgehead atoms. The minimum absolute atomic E-state index is 0.0942. The molecule has 1 fully saturated rings. The number of amides is 1. The highest BCUT2D eigenvalue weighted by Crippen LogP contribution is 2.23. The van der Waals surface area contributed by atoms with Crippen LogP contribution >= 0.6 is 11.3 Å². The first-order valence-corrected chi connectivity index (χ1v) is 9.98. The molecule has 1 aliphatic rings. The molecule has 0 aromatic carbocycles. The lowest BCUT2D eigenvalue weighted by Gasteiger charge is -2.35. The number of anilines is 1. The third-order valence-electron chi connectivity index (χ3n) is 4.82. The van der Waals surface area contributed by atoms with Crippen molar-refractivity contribution in [1.82, 2.24) is 30.0 Å². The van der Waals surface area contributed by atoms with Crippen LogP contribution in [0.15, 0.2) is 30.0 Å². The Bertz CT molecular complexity index is 900. The molecule has 1 amide bonds. The summed E-state index contributed by atoms with van der Waals surface area (Å²) in [6.07, 6.45) is 4.30. The first-order valence-electron chi connectivity index (χ1n) is 9.10. The Hall–Kier alpha value is -2.52. The second kappa shape index (κ2) is 8.01. The number of aromatic nitrogens is 4. The van der Waals surface area contributed by atoms with E-state index in [1.165, 1.54) is 4.88 Å². The molecule has 142 valence electrons. The molecule has 3 aromatic rings. The predicted octanol–water partition coefficient (Wildman–Crippen LogP) is 0.906. The molecule has 0 saturated carbocycles. The van der Waals surface area contributed by atoms with Crippen LogP contribution < -0.4 is 10.2 Å². The summed E-state index contributed by atoms with van der Waals surface area (Å²) < 4.78 is 1.76. The summed E-state index contributed by atoms with van der Waals surface area (Å²) in [7, 11) is 1.88. The van der Waals surface area contributed by atoms with Gasteiger partial charge in [-0.05, 0) is 17.9 Å². The van der Waals surface area contributed by atoms with Crippen LogP contribution in [0.25, 0.3) is 11.0 Å². The highest BCUT2D eigenvalue weighted by atomic mass is 32.1. The number of carbonyl (C=O) groups is 1. The number of thiophene rings is 1. The number of hydrogen-bond acceptors (Lipinski definition) is 7. The molecule has 1 N–H and O–H groups in total. The van der Waals surface area contributed by atoms with Crippen molar-refractivity contribution in [3.8, 4) is 0 Å². The number of piperazine rings is 1. The lowest BCUT2D eigenvalue weighted by atomic mass is 10.2. The molecule has 8 nitrogen and oxygen atoms in total. The van der Waals surface area contributed by atoms with Gasteiger partial charge in [-0.15, -0.1) is 11.3 Å². The number of carbonyl (C=O) groups excluding carboxylic acids is 1. The molecular weight excluding hydrogens is 362 g/mol. The Kier molecular flexibility index (Phi) is 5.30. The van der Waals surface area contributed by atoms with Gasteiger partial charge in [0.1, 0.15) is 12.1 Å². The fourth-order valence-electron chi connectivity index (χ4n) is 3.36. The van der Waals surface area contributed by atoms with Crippen LogP contribution in [0.3, 0.4) is 0 Å². The van der Waals surface area contributed by atoms with E-state index >= 15 is 0 Å².